The van der Waals surface area contributed by atoms with Crippen molar-refractivity contribution in [2.75, 3.05) is 27.2 Å². The molecule has 1 heterocycles. The number of aliphatic carboxylic acids is 1. The Labute approximate surface area is 285 Å². The van der Waals surface area contributed by atoms with Crippen molar-refractivity contribution in [3.63, 3.8) is 0 Å². The number of carbonyl (C=O) groups excluding carboxylic acids is 2. The van der Waals surface area contributed by atoms with E-state index in [0.29, 0.717) is 32.4 Å². The molecule has 3 aromatic rings. The Bertz CT molecular complexity index is 1610. The summed E-state index contributed by atoms with van der Waals surface area (Å²) in [5.74, 6) is -0.951. The van der Waals surface area contributed by atoms with E-state index in [2.05, 4.69) is 35.2 Å². The molecule has 5 rings (SSSR count). The van der Waals surface area contributed by atoms with Gasteiger partial charge in [0.15, 0.2) is 0 Å². The fourth-order valence-electron chi connectivity index (χ4n) is 7.59. The van der Waals surface area contributed by atoms with Crippen molar-refractivity contribution in [2.24, 2.45) is 11.7 Å². The Hall–Kier alpha value is -4.01. The summed E-state index contributed by atoms with van der Waals surface area (Å²) >= 11 is 0. The van der Waals surface area contributed by atoms with Gasteiger partial charge in [-0.3, -0.25) is 14.5 Å². The zero-order valence-electron chi connectivity index (χ0n) is 29.0. The van der Waals surface area contributed by atoms with Crippen LogP contribution in [0.3, 0.4) is 0 Å². The van der Waals surface area contributed by atoms with Crippen LogP contribution in [0.25, 0.3) is 10.8 Å². The van der Waals surface area contributed by atoms with E-state index < -0.39 is 23.6 Å². The van der Waals surface area contributed by atoms with Gasteiger partial charge in [-0.1, -0.05) is 78.9 Å². The summed E-state index contributed by atoms with van der Waals surface area (Å²) in [6.45, 7) is 5.28. The highest BCUT2D eigenvalue weighted by Gasteiger charge is 2.46. The molecule has 1 aliphatic heterocycles. The largest absolute Gasteiger partial charge is 0.478 e. The molecule has 0 spiro atoms. The fourth-order valence-corrected chi connectivity index (χ4v) is 7.59. The molecule has 8 nitrogen and oxygen atoms in total. The SMILES string of the molecule is CN(C(=O)[C@@H](Cc1ccc2ccccc2c1)N(C)C1(C/C=C/C(=O)O)CCC1)[C@H](Cc1ccccc1)C(=O)N1CCC[C@H](C(C)(C)N)C1. The summed E-state index contributed by atoms with van der Waals surface area (Å²) in [5, 5.41) is 11.5. The van der Waals surface area contributed by atoms with Crippen molar-refractivity contribution in [1.29, 1.82) is 0 Å². The van der Waals surface area contributed by atoms with E-state index in [4.69, 9.17) is 5.73 Å². The summed E-state index contributed by atoms with van der Waals surface area (Å²) in [5.41, 5.74) is 7.82. The normalized spacial score (nSPS) is 19.2. The van der Waals surface area contributed by atoms with Crippen LogP contribution >= 0.6 is 0 Å². The summed E-state index contributed by atoms with van der Waals surface area (Å²) < 4.78 is 0. The van der Waals surface area contributed by atoms with Crippen molar-refractivity contribution in [3.05, 3.63) is 96.1 Å². The summed E-state index contributed by atoms with van der Waals surface area (Å²) in [4.78, 5) is 46.6. The Kier molecular flexibility index (Phi) is 11.1. The molecule has 0 aromatic heterocycles. The van der Waals surface area contributed by atoms with Crippen LogP contribution in [0.1, 0.15) is 63.5 Å². The second kappa shape index (κ2) is 15.0. The summed E-state index contributed by atoms with van der Waals surface area (Å²) in [6, 6.07) is 23.2. The highest BCUT2D eigenvalue weighted by molar-refractivity contribution is 5.90. The third-order valence-electron chi connectivity index (χ3n) is 10.9. The van der Waals surface area contributed by atoms with Crippen LogP contribution in [0, 0.1) is 5.92 Å². The molecule has 1 saturated heterocycles. The van der Waals surface area contributed by atoms with Gasteiger partial charge in [-0.25, -0.2) is 4.79 Å². The molecule has 3 N–H and O–H groups in total. The van der Waals surface area contributed by atoms with Gasteiger partial charge in [-0.15, -0.1) is 0 Å². The van der Waals surface area contributed by atoms with E-state index >= 15 is 0 Å². The molecule has 2 fully saturated rings. The van der Waals surface area contributed by atoms with E-state index in [0.717, 1.165) is 54.0 Å². The van der Waals surface area contributed by atoms with E-state index in [1.165, 1.54) is 6.08 Å². The van der Waals surface area contributed by atoms with E-state index in [-0.39, 0.29) is 23.3 Å². The van der Waals surface area contributed by atoms with Crippen molar-refractivity contribution in [1.82, 2.24) is 14.7 Å². The van der Waals surface area contributed by atoms with Crippen LogP contribution in [0.4, 0.5) is 0 Å². The minimum absolute atomic E-state index is 0.0430. The van der Waals surface area contributed by atoms with Crippen LogP contribution in [0.2, 0.25) is 0 Å². The number of benzene rings is 3. The molecule has 1 saturated carbocycles. The number of hydrogen-bond donors (Lipinski definition) is 2. The Balaban J connectivity index is 1.49. The number of fused-ring (bicyclic) bond motifs is 1. The predicted molar refractivity (Wildman–Crippen MR) is 191 cm³/mol. The zero-order chi connectivity index (χ0) is 34.5. The third kappa shape index (κ3) is 8.16. The van der Waals surface area contributed by atoms with Gasteiger partial charge in [0.25, 0.3) is 0 Å². The van der Waals surface area contributed by atoms with E-state index in [1.807, 2.05) is 68.3 Å². The number of amides is 2. The number of carboxylic acid groups (broad SMARTS) is 1. The highest BCUT2D eigenvalue weighted by Crippen LogP contribution is 2.42. The first-order chi connectivity index (χ1) is 22.9. The zero-order valence-corrected chi connectivity index (χ0v) is 29.0. The standard InChI is InChI=1S/C40H52N4O4/c1-39(2,41)33-17-11-24-44(28-33)38(48)34(26-29-13-6-5-7-14-29)42(3)37(47)35(27-30-19-20-31-15-8-9-16-32(31)25-30)43(4)40(22-12-23-40)21-10-18-36(45)46/h5-10,13-16,18-20,25,33-35H,11-12,17,21-24,26-28,41H2,1-4H3,(H,45,46)/b18-10+/t33-,34+,35+/m0/s1. The molecule has 3 atom stereocenters. The van der Waals surface area contributed by atoms with Gasteiger partial charge in [0.05, 0.1) is 6.04 Å². The molecule has 48 heavy (non-hydrogen) atoms. The van der Waals surface area contributed by atoms with Crippen molar-refractivity contribution in [2.45, 2.75) is 88.4 Å². The maximum absolute atomic E-state index is 14.9. The van der Waals surface area contributed by atoms with Crippen LogP contribution < -0.4 is 5.73 Å². The Morgan fingerprint density at radius 3 is 2.25 bits per heavy atom. The number of carbonyl (C=O) groups is 3. The van der Waals surface area contributed by atoms with Gasteiger partial charge in [-0.05, 0) is 93.7 Å². The molecule has 2 amide bonds. The quantitative estimate of drug-likeness (QED) is 0.230. The number of likely N-dealkylation sites (tertiary alicyclic amines) is 1. The molecule has 2 aliphatic rings. The maximum atomic E-state index is 14.9. The summed E-state index contributed by atoms with van der Waals surface area (Å²) in [6.07, 6.45) is 8.94. The smallest absolute Gasteiger partial charge is 0.327 e. The Morgan fingerprint density at radius 2 is 1.60 bits per heavy atom. The van der Waals surface area contributed by atoms with Gasteiger partial charge in [-0.2, -0.15) is 0 Å². The lowest BCUT2D eigenvalue weighted by Crippen LogP contribution is -2.62. The molecule has 3 aromatic carbocycles. The average Bonchev–Trinajstić information content (AvgIpc) is 3.06. The third-order valence-corrected chi connectivity index (χ3v) is 10.9. The lowest BCUT2D eigenvalue weighted by molar-refractivity contribution is -0.150. The van der Waals surface area contributed by atoms with Crippen LogP contribution in [0.15, 0.2) is 84.9 Å². The van der Waals surface area contributed by atoms with Gasteiger partial charge in [0.2, 0.25) is 11.8 Å². The van der Waals surface area contributed by atoms with Crippen LogP contribution in [-0.2, 0) is 27.2 Å². The first-order valence-electron chi connectivity index (χ1n) is 17.4. The average molecular weight is 653 g/mol. The number of piperidine rings is 1. The van der Waals surface area contributed by atoms with Gasteiger partial charge >= 0.3 is 5.97 Å². The van der Waals surface area contributed by atoms with Crippen LogP contribution in [0.5, 0.6) is 0 Å². The number of carboxylic acids is 1. The van der Waals surface area contributed by atoms with Gasteiger partial charge in [0, 0.05) is 43.7 Å². The van der Waals surface area contributed by atoms with Crippen molar-refractivity contribution < 1.29 is 19.5 Å². The molecule has 0 unspecified atom stereocenters. The lowest BCUT2D eigenvalue weighted by Gasteiger charge is -2.52. The van der Waals surface area contributed by atoms with Crippen molar-refractivity contribution in [3.8, 4) is 0 Å². The first kappa shape index (κ1) is 35.3. The second-order valence-electron chi connectivity index (χ2n) is 14.6. The monoisotopic (exact) mass is 652 g/mol. The van der Waals surface area contributed by atoms with E-state index in [1.54, 1.807) is 18.0 Å². The topological polar surface area (TPSA) is 107 Å². The number of nitrogens with zero attached hydrogens (tertiary/aromatic N) is 3. The molecule has 8 heteroatoms. The molecular weight excluding hydrogens is 600 g/mol. The van der Waals surface area contributed by atoms with Crippen LogP contribution in [-0.4, -0.2) is 87.9 Å². The number of hydrogen-bond acceptors (Lipinski definition) is 5. The molecular formula is C40H52N4O4. The Morgan fingerprint density at radius 1 is 0.938 bits per heavy atom. The van der Waals surface area contributed by atoms with Gasteiger partial charge in [0.1, 0.15) is 6.04 Å². The van der Waals surface area contributed by atoms with Crippen molar-refractivity contribution >= 4 is 28.6 Å². The summed E-state index contributed by atoms with van der Waals surface area (Å²) in [7, 11) is 3.78. The number of likely N-dealkylation sites (N-methyl/N-ethyl adjacent to an activating group) is 2. The minimum Gasteiger partial charge on any atom is -0.478 e. The minimum atomic E-state index is -0.976. The molecule has 1 aliphatic carbocycles. The molecule has 256 valence electrons. The van der Waals surface area contributed by atoms with E-state index in [9.17, 15) is 19.5 Å². The highest BCUT2D eigenvalue weighted by atomic mass is 16.4. The maximum Gasteiger partial charge on any atom is 0.327 e. The number of rotatable bonds is 13. The lowest BCUT2D eigenvalue weighted by atomic mass is 9.72. The fraction of sp³-hybridized carbons (Fsp3) is 0.475. The first-order valence-corrected chi connectivity index (χ1v) is 17.4. The second-order valence-corrected chi connectivity index (χ2v) is 14.6. The molecule has 0 radical (unpaired) electrons. The predicted octanol–water partition coefficient (Wildman–Crippen LogP) is 5.68. The van der Waals surface area contributed by atoms with Gasteiger partial charge < -0.3 is 20.6 Å². The number of nitrogens with two attached hydrogens (primary N) is 1. The molecule has 0 bridgehead atoms.